The molecule has 0 fully saturated rings. The van der Waals surface area contributed by atoms with Gasteiger partial charge in [-0.25, -0.2) is 9.78 Å². The minimum absolute atomic E-state index is 0.164. The molecule has 0 bridgehead atoms. The molecule has 0 atom stereocenters. The number of carboxylic acid groups (broad SMARTS) is 1. The van der Waals surface area contributed by atoms with Gasteiger partial charge in [-0.2, -0.15) is 0 Å². The van der Waals surface area contributed by atoms with Gasteiger partial charge in [0, 0.05) is 12.3 Å². The molecule has 0 aliphatic heterocycles. The van der Waals surface area contributed by atoms with Crippen molar-refractivity contribution in [1.29, 1.82) is 0 Å². The predicted octanol–water partition coefficient (Wildman–Crippen LogP) is 2.79. The van der Waals surface area contributed by atoms with Crippen LogP contribution in [0, 0.1) is 0 Å². The molecule has 0 spiro atoms. The van der Waals surface area contributed by atoms with Gasteiger partial charge >= 0.3 is 5.97 Å². The molecule has 1 N–H and O–H groups in total. The SMILES string of the molecule is O=C(O)c1ccc(OCCCc2ccccc2)nc1. The second-order valence-corrected chi connectivity index (χ2v) is 4.13. The molecule has 19 heavy (non-hydrogen) atoms. The Morgan fingerprint density at radius 2 is 1.95 bits per heavy atom. The zero-order valence-electron chi connectivity index (χ0n) is 10.5. The van der Waals surface area contributed by atoms with Gasteiger partial charge in [-0.3, -0.25) is 0 Å². The van der Waals surface area contributed by atoms with Gasteiger partial charge in [0.25, 0.3) is 0 Å². The number of nitrogens with zero attached hydrogens (tertiary/aromatic N) is 1. The Labute approximate surface area is 111 Å². The lowest BCUT2D eigenvalue weighted by atomic mass is 10.1. The van der Waals surface area contributed by atoms with Crippen LogP contribution < -0.4 is 4.74 Å². The third-order valence-corrected chi connectivity index (χ3v) is 2.69. The number of aromatic nitrogens is 1. The number of aromatic carboxylic acids is 1. The predicted molar refractivity (Wildman–Crippen MR) is 71.5 cm³/mol. The third kappa shape index (κ3) is 4.10. The van der Waals surface area contributed by atoms with Crippen molar-refractivity contribution in [1.82, 2.24) is 4.98 Å². The average Bonchev–Trinajstić information content (AvgIpc) is 2.45. The van der Waals surface area contributed by atoms with E-state index in [4.69, 9.17) is 9.84 Å². The fourth-order valence-electron chi connectivity index (χ4n) is 1.69. The quantitative estimate of drug-likeness (QED) is 0.808. The van der Waals surface area contributed by atoms with E-state index in [9.17, 15) is 4.79 Å². The number of aryl methyl sites for hydroxylation is 1. The Balaban J connectivity index is 1.75. The fourth-order valence-corrected chi connectivity index (χ4v) is 1.69. The molecule has 2 aromatic rings. The number of carbonyl (C=O) groups is 1. The van der Waals surface area contributed by atoms with Crippen molar-refractivity contribution >= 4 is 5.97 Å². The summed E-state index contributed by atoms with van der Waals surface area (Å²) >= 11 is 0. The van der Waals surface area contributed by atoms with E-state index in [0.717, 1.165) is 12.8 Å². The zero-order valence-corrected chi connectivity index (χ0v) is 10.5. The molecule has 1 heterocycles. The molecule has 2 rings (SSSR count). The molecule has 4 heteroatoms. The second kappa shape index (κ2) is 6.54. The van der Waals surface area contributed by atoms with Crippen LogP contribution in [0.2, 0.25) is 0 Å². The molecule has 0 aliphatic rings. The number of benzene rings is 1. The summed E-state index contributed by atoms with van der Waals surface area (Å²) < 4.78 is 5.46. The Morgan fingerprint density at radius 1 is 1.16 bits per heavy atom. The van der Waals surface area contributed by atoms with Crippen molar-refractivity contribution in [3.05, 3.63) is 59.8 Å². The molecular weight excluding hydrogens is 242 g/mol. The first kappa shape index (κ1) is 13.1. The number of ether oxygens (including phenoxy) is 1. The van der Waals surface area contributed by atoms with Crippen LogP contribution in [0.25, 0.3) is 0 Å². The van der Waals surface area contributed by atoms with Crippen molar-refractivity contribution in [3.8, 4) is 5.88 Å². The topological polar surface area (TPSA) is 59.4 Å². The van der Waals surface area contributed by atoms with Gasteiger partial charge in [-0.1, -0.05) is 30.3 Å². The van der Waals surface area contributed by atoms with Crippen LogP contribution in [0.3, 0.4) is 0 Å². The van der Waals surface area contributed by atoms with Crippen LogP contribution in [0.5, 0.6) is 5.88 Å². The van der Waals surface area contributed by atoms with E-state index in [1.165, 1.54) is 17.8 Å². The van der Waals surface area contributed by atoms with E-state index >= 15 is 0 Å². The Kier molecular flexibility index (Phi) is 4.50. The molecule has 0 saturated carbocycles. The van der Waals surface area contributed by atoms with E-state index in [-0.39, 0.29) is 5.56 Å². The summed E-state index contributed by atoms with van der Waals surface area (Å²) in [6, 6.07) is 13.3. The highest BCUT2D eigenvalue weighted by molar-refractivity contribution is 5.87. The summed E-state index contributed by atoms with van der Waals surface area (Å²) in [7, 11) is 0. The molecule has 98 valence electrons. The van der Waals surface area contributed by atoms with Crippen molar-refractivity contribution in [2.75, 3.05) is 6.61 Å². The molecule has 0 aliphatic carbocycles. The van der Waals surface area contributed by atoms with Crippen molar-refractivity contribution in [2.45, 2.75) is 12.8 Å². The van der Waals surface area contributed by atoms with Gasteiger partial charge in [0.1, 0.15) is 0 Å². The molecule has 1 aromatic heterocycles. The smallest absolute Gasteiger partial charge is 0.337 e. The lowest BCUT2D eigenvalue weighted by molar-refractivity contribution is 0.0696. The standard InChI is InChI=1S/C15H15NO3/c17-15(18)13-8-9-14(16-11-13)19-10-4-7-12-5-2-1-3-6-12/h1-3,5-6,8-9,11H,4,7,10H2,(H,17,18). The van der Waals surface area contributed by atoms with E-state index in [1.54, 1.807) is 6.07 Å². The first-order valence-electron chi connectivity index (χ1n) is 6.12. The van der Waals surface area contributed by atoms with Crippen LogP contribution >= 0.6 is 0 Å². The highest BCUT2D eigenvalue weighted by Crippen LogP contribution is 2.09. The van der Waals surface area contributed by atoms with Crippen LogP contribution in [0.1, 0.15) is 22.3 Å². The highest BCUT2D eigenvalue weighted by Gasteiger charge is 2.03. The summed E-state index contributed by atoms with van der Waals surface area (Å²) in [5.74, 6) is -0.527. The first-order valence-corrected chi connectivity index (χ1v) is 6.12. The van der Waals surface area contributed by atoms with Crippen LogP contribution in [-0.4, -0.2) is 22.7 Å². The zero-order chi connectivity index (χ0) is 13.5. The molecule has 1 aromatic carbocycles. The maximum atomic E-state index is 10.6. The second-order valence-electron chi connectivity index (χ2n) is 4.13. The van der Waals surface area contributed by atoms with Crippen LogP contribution in [0.4, 0.5) is 0 Å². The van der Waals surface area contributed by atoms with E-state index in [0.29, 0.717) is 12.5 Å². The van der Waals surface area contributed by atoms with Gasteiger partial charge in [0.2, 0.25) is 5.88 Å². The minimum Gasteiger partial charge on any atom is -0.478 e. The summed E-state index contributed by atoms with van der Waals surface area (Å²) in [6.07, 6.45) is 3.15. The van der Waals surface area contributed by atoms with Crippen LogP contribution in [0.15, 0.2) is 48.7 Å². The van der Waals surface area contributed by atoms with Gasteiger partial charge in [-0.15, -0.1) is 0 Å². The largest absolute Gasteiger partial charge is 0.478 e. The maximum Gasteiger partial charge on any atom is 0.337 e. The summed E-state index contributed by atoms with van der Waals surface area (Å²) in [4.78, 5) is 14.6. The molecular formula is C15H15NO3. The maximum absolute atomic E-state index is 10.6. The van der Waals surface area contributed by atoms with Gasteiger partial charge in [0.15, 0.2) is 0 Å². The molecule has 0 saturated heterocycles. The Hall–Kier alpha value is -2.36. The first-order chi connectivity index (χ1) is 9.25. The number of rotatable bonds is 6. The van der Waals surface area contributed by atoms with E-state index in [1.807, 2.05) is 18.2 Å². The minimum atomic E-state index is -0.983. The number of hydrogen-bond acceptors (Lipinski definition) is 3. The molecule has 0 radical (unpaired) electrons. The van der Waals surface area contributed by atoms with Gasteiger partial charge < -0.3 is 9.84 Å². The number of carboxylic acids is 1. The fraction of sp³-hybridized carbons (Fsp3) is 0.200. The Bertz CT molecular complexity index is 523. The molecule has 0 amide bonds. The van der Waals surface area contributed by atoms with Crippen molar-refractivity contribution in [2.24, 2.45) is 0 Å². The van der Waals surface area contributed by atoms with Crippen molar-refractivity contribution < 1.29 is 14.6 Å². The van der Waals surface area contributed by atoms with E-state index in [2.05, 4.69) is 17.1 Å². The van der Waals surface area contributed by atoms with E-state index < -0.39 is 5.97 Å². The monoisotopic (exact) mass is 257 g/mol. The lowest BCUT2D eigenvalue weighted by Crippen LogP contribution is -2.02. The number of hydrogen-bond donors (Lipinski definition) is 1. The lowest BCUT2D eigenvalue weighted by Gasteiger charge is -2.05. The van der Waals surface area contributed by atoms with Crippen molar-refractivity contribution in [3.63, 3.8) is 0 Å². The summed E-state index contributed by atoms with van der Waals surface area (Å²) in [5, 5.41) is 8.74. The summed E-state index contributed by atoms with van der Waals surface area (Å²) in [6.45, 7) is 0.564. The molecule has 0 unspecified atom stereocenters. The van der Waals surface area contributed by atoms with Gasteiger partial charge in [-0.05, 0) is 24.5 Å². The molecule has 4 nitrogen and oxygen atoms in total. The van der Waals surface area contributed by atoms with Gasteiger partial charge in [0.05, 0.1) is 12.2 Å². The highest BCUT2D eigenvalue weighted by atomic mass is 16.5. The summed E-state index contributed by atoms with van der Waals surface area (Å²) in [5.41, 5.74) is 1.44. The normalized spacial score (nSPS) is 10.1. The Morgan fingerprint density at radius 3 is 2.58 bits per heavy atom. The number of pyridine rings is 1. The van der Waals surface area contributed by atoms with Crippen LogP contribution in [-0.2, 0) is 6.42 Å². The third-order valence-electron chi connectivity index (χ3n) is 2.69. The average molecular weight is 257 g/mol.